The van der Waals surface area contributed by atoms with E-state index >= 15 is 0 Å². The van der Waals surface area contributed by atoms with Gasteiger partial charge in [0.1, 0.15) is 0 Å². The molecule has 0 radical (unpaired) electrons. The minimum atomic E-state index is 0.332. The Hall–Kier alpha value is -2.46. The van der Waals surface area contributed by atoms with E-state index in [0.717, 1.165) is 31.0 Å². The van der Waals surface area contributed by atoms with Gasteiger partial charge in [0.2, 0.25) is 6.79 Å². The van der Waals surface area contributed by atoms with Gasteiger partial charge in [-0.3, -0.25) is 0 Å². The van der Waals surface area contributed by atoms with E-state index in [-0.39, 0.29) is 0 Å². The van der Waals surface area contributed by atoms with Gasteiger partial charge in [0.05, 0.1) is 0 Å². The lowest BCUT2D eigenvalue weighted by Crippen LogP contribution is -2.18. The van der Waals surface area contributed by atoms with Crippen LogP contribution in [0.1, 0.15) is 29.7 Å². The molecule has 134 valence electrons. The van der Waals surface area contributed by atoms with Crippen LogP contribution in [0, 0.1) is 0 Å². The summed E-state index contributed by atoms with van der Waals surface area (Å²) in [5.41, 5.74) is 5.74. The van der Waals surface area contributed by atoms with Gasteiger partial charge in [0, 0.05) is 29.7 Å². The Bertz CT molecular complexity index is 945. The smallest absolute Gasteiger partial charge is 0.231 e. The zero-order valence-electron chi connectivity index (χ0n) is 15.0. The zero-order chi connectivity index (χ0) is 17.3. The fraction of sp³-hybridized carbons (Fsp3) is 0.364. The van der Waals surface area contributed by atoms with Crippen LogP contribution in [0.15, 0.2) is 42.5 Å². The molecular formula is C22H24N2O2. The highest BCUT2D eigenvalue weighted by atomic mass is 16.7. The van der Waals surface area contributed by atoms with E-state index in [0.29, 0.717) is 6.79 Å². The average molecular weight is 348 g/mol. The number of para-hydroxylation sites is 1. The molecule has 4 heteroatoms. The van der Waals surface area contributed by atoms with Gasteiger partial charge >= 0.3 is 0 Å². The van der Waals surface area contributed by atoms with Crippen molar-refractivity contribution < 1.29 is 9.47 Å². The highest BCUT2D eigenvalue weighted by molar-refractivity contribution is 5.85. The first-order valence-corrected chi connectivity index (χ1v) is 9.58. The predicted octanol–water partition coefficient (Wildman–Crippen LogP) is 4.04. The average Bonchev–Trinajstić information content (AvgIpc) is 3.28. The van der Waals surface area contributed by atoms with Crippen LogP contribution in [-0.2, 0) is 25.9 Å². The maximum atomic E-state index is 5.46. The molecular weight excluding hydrogens is 324 g/mol. The monoisotopic (exact) mass is 348 g/mol. The summed E-state index contributed by atoms with van der Waals surface area (Å²) in [4.78, 5) is 0. The molecule has 0 bridgehead atoms. The Balaban J connectivity index is 1.29. The summed E-state index contributed by atoms with van der Waals surface area (Å²) in [6, 6.07) is 15.1. The van der Waals surface area contributed by atoms with Crippen LogP contribution < -0.4 is 14.8 Å². The zero-order valence-corrected chi connectivity index (χ0v) is 15.0. The van der Waals surface area contributed by atoms with Crippen molar-refractivity contribution in [2.45, 2.75) is 38.8 Å². The van der Waals surface area contributed by atoms with Crippen molar-refractivity contribution in [1.82, 2.24) is 9.88 Å². The Morgan fingerprint density at radius 2 is 1.92 bits per heavy atom. The van der Waals surface area contributed by atoms with Crippen molar-refractivity contribution in [2.75, 3.05) is 13.3 Å². The third-order valence-corrected chi connectivity index (χ3v) is 5.56. The number of aromatic nitrogens is 1. The van der Waals surface area contributed by atoms with Crippen LogP contribution in [0.3, 0.4) is 0 Å². The third-order valence-electron chi connectivity index (χ3n) is 5.56. The minimum absolute atomic E-state index is 0.332. The standard InChI is InChI=1S/C22H24N2O2/c1-2-6-19-17(5-1)18(20-7-3-4-12-24(19)20)10-11-23-14-16-8-9-21-22(13-16)26-15-25-21/h1-2,5-6,8-9,13,23H,3-4,7,10-12,14-15H2. The van der Waals surface area contributed by atoms with Gasteiger partial charge in [-0.05, 0) is 61.6 Å². The van der Waals surface area contributed by atoms with Crippen LogP contribution in [0.4, 0.5) is 0 Å². The first kappa shape index (κ1) is 15.8. The molecule has 2 aliphatic rings. The lowest BCUT2D eigenvalue weighted by Gasteiger charge is -2.17. The summed E-state index contributed by atoms with van der Waals surface area (Å²) in [5.74, 6) is 1.71. The van der Waals surface area contributed by atoms with Crippen molar-refractivity contribution in [3.63, 3.8) is 0 Å². The molecule has 4 nitrogen and oxygen atoms in total. The number of hydrogen-bond acceptors (Lipinski definition) is 3. The molecule has 0 spiro atoms. The molecule has 0 amide bonds. The maximum absolute atomic E-state index is 5.46. The summed E-state index contributed by atoms with van der Waals surface area (Å²) in [6.07, 6.45) is 4.90. The molecule has 0 aliphatic carbocycles. The number of rotatable bonds is 5. The first-order valence-electron chi connectivity index (χ1n) is 9.58. The highest BCUT2D eigenvalue weighted by Crippen LogP contribution is 2.33. The van der Waals surface area contributed by atoms with Crippen molar-refractivity contribution in [3.05, 3.63) is 59.3 Å². The molecule has 2 aromatic carbocycles. The second kappa shape index (κ2) is 6.69. The molecule has 0 saturated heterocycles. The summed E-state index contributed by atoms with van der Waals surface area (Å²) < 4.78 is 13.4. The number of hydrogen-bond donors (Lipinski definition) is 1. The molecule has 2 aliphatic heterocycles. The lowest BCUT2D eigenvalue weighted by molar-refractivity contribution is 0.174. The molecule has 26 heavy (non-hydrogen) atoms. The largest absolute Gasteiger partial charge is 0.454 e. The van der Waals surface area contributed by atoms with E-state index < -0.39 is 0 Å². The first-order chi connectivity index (χ1) is 12.9. The van der Waals surface area contributed by atoms with Crippen LogP contribution in [0.25, 0.3) is 10.9 Å². The van der Waals surface area contributed by atoms with E-state index in [1.807, 2.05) is 6.07 Å². The predicted molar refractivity (Wildman–Crippen MR) is 103 cm³/mol. The van der Waals surface area contributed by atoms with E-state index in [4.69, 9.17) is 9.47 Å². The number of fused-ring (bicyclic) bond motifs is 4. The van der Waals surface area contributed by atoms with Gasteiger partial charge in [-0.2, -0.15) is 0 Å². The summed E-state index contributed by atoms with van der Waals surface area (Å²) in [5, 5.41) is 5.04. The number of nitrogens with zero attached hydrogens (tertiary/aromatic N) is 1. The Morgan fingerprint density at radius 3 is 2.92 bits per heavy atom. The quantitative estimate of drug-likeness (QED) is 0.707. The van der Waals surface area contributed by atoms with E-state index in [1.165, 1.54) is 42.3 Å². The third kappa shape index (κ3) is 2.74. The van der Waals surface area contributed by atoms with E-state index in [1.54, 1.807) is 11.3 Å². The van der Waals surface area contributed by atoms with Gasteiger partial charge < -0.3 is 19.4 Å². The van der Waals surface area contributed by atoms with Crippen molar-refractivity contribution >= 4 is 10.9 Å². The van der Waals surface area contributed by atoms with Gasteiger partial charge in [0.15, 0.2) is 11.5 Å². The number of benzene rings is 2. The fourth-order valence-corrected chi connectivity index (χ4v) is 4.31. The van der Waals surface area contributed by atoms with Crippen LogP contribution in [0.5, 0.6) is 11.5 Å². The highest BCUT2D eigenvalue weighted by Gasteiger charge is 2.19. The molecule has 0 saturated carbocycles. The number of nitrogens with one attached hydrogen (secondary N) is 1. The van der Waals surface area contributed by atoms with Gasteiger partial charge in [0.25, 0.3) is 0 Å². The van der Waals surface area contributed by atoms with Gasteiger partial charge in [-0.25, -0.2) is 0 Å². The number of aryl methyl sites for hydroxylation is 1. The molecule has 0 unspecified atom stereocenters. The Labute approximate surface area is 153 Å². The second-order valence-corrected chi connectivity index (χ2v) is 7.17. The Morgan fingerprint density at radius 1 is 1.00 bits per heavy atom. The molecule has 0 atom stereocenters. The Kier molecular flexibility index (Phi) is 4.06. The van der Waals surface area contributed by atoms with Crippen molar-refractivity contribution in [1.29, 1.82) is 0 Å². The summed E-state index contributed by atoms with van der Waals surface area (Å²) in [7, 11) is 0. The van der Waals surface area contributed by atoms with Crippen LogP contribution in [0.2, 0.25) is 0 Å². The minimum Gasteiger partial charge on any atom is -0.454 e. The molecule has 1 aromatic heterocycles. The second-order valence-electron chi connectivity index (χ2n) is 7.17. The van der Waals surface area contributed by atoms with Crippen molar-refractivity contribution in [2.24, 2.45) is 0 Å². The SMILES string of the molecule is c1ccc2c(c1)c(CCNCc1ccc3c(c1)OCO3)c1n2CCCC1. The van der Waals surface area contributed by atoms with Crippen LogP contribution in [-0.4, -0.2) is 17.9 Å². The molecule has 5 rings (SSSR count). The van der Waals surface area contributed by atoms with Crippen molar-refractivity contribution in [3.8, 4) is 11.5 Å². The normalized spacial score (nSPS) is 15.4. The number of ether oxygens (including phenoxy) is 2. The molecule has 3 aromatic rings. The van der Waals surface area contributed by atoms with Gasteiger partial charge in [-0.1, -0.05) is 24.3 Å². The van der Waals surface area contributed by atoms with E-state index in [2.05, 4.69) is 46.3 Å². The molecule has 3 heterocycles. The maximum Gasteiger partial charge on any atom is 0.231 e. The fourth-order valence-electron chi connectivity index (χ4n) is 4.31. The summed E-state index contributed by atoms with van der Waals surface area (Å²) >= 11 is 0. The topological polar surface area (TPSA) is 35.4 Å². The molecule has 0 fully saturated rings. The molecule has 1 N–H and O–H groups in total. The summed E-state index contributed by atoms with van der Waals surface area (Å²) in [6.45, 7) is 3.33. The lowest BCUT2D eigenvalue weighted by atomic mass is 10.0. The van der Waals surface area contributed by atoms with Crippen LogP contribution >= 0.6 is 0 Å². The van der Waals surface area contributed by atoms with Gasteiger partial charge in [-0.15, -0.1) is 0 Å². The van der Waals surface area contributed by atoms with E-state index in [9.17, 15) is 0 Å².